The zero-order chi connectivity index (χ0) is 16.1. The fraction of sp³-hybridized carbons (Fsp3) is 0.562. The van der Waals surface area contributed by atoms with Crippen LogP contribution in [0.5, 0.6) is 0 Å². The number of nitrogens with zero attached hydrogens (tertiary/aromatic N) is 2. The van der Waals surface area contributed by atoms with Crippen LogP contribution < -0.4 is 11.1 Å². The molecule has 0 saturated carbocycles. The summed E-state index contributed by atoms with van der Waals surface area (Å²) in [6, 6.07) is 3.12. The van der Waals surface area contributed by atoms with Gasteiger partial charge in [-0.25, -0.2) is 0 Å². The Labute approximate surface area is 131 Å². The first-order valence-electron chi connectivity index (χ1n) is 7.74. The molecule has 2 unspecified atom stereocenters. The van der Waals surface area contributed by atoms with E-state index in [4.69, 9.17) is 5.73 Å². The molecular weight excluding hydrogens is 280 g/mol. The van der Waals surface area contributed by atoms with Crippen LogP contribution in [0.1, 0.15) is 37.0 Å². The molecule has 2 amide bonds. The van der Waals surface area contributed by atoms with Crippen LogP contribution in [-0.2, 0) is 4.79 Å². The summed E-state index contributed by atoms with van der Waals surface area (Å²) in [6.45, 7) is 5.14. The van der Waals surface area contributed by atoms with E-state index >= 15 is 0 Å². The van der Waals surface area contributed by atoms with Gasteiger partial charge in [-0.3, -0.25) is 14.6 Å². The third kappa shape index (κ3) is 4.04. The van der Waals surface area contributed by atoms with E-state index in [-0.39, 0.29) is 17.9 Å². The quantitative estimate of drug-likeness (QED) is 0.860. The smallest absolute Gasteiger partial charge is 0.253 e. The topological polar surface area (TPSA) is 88.3 Å². The second kappa shape index (κ2) is 7.35. The average Bonchev–Trinajstić information content (AvgIpc) is 2.55. The highest BCUT2D eigenvalue weighted by Gasteiger charge is 2.28. The minimum Gasteiger partial charge on any atom is -0.349 e. The van der Waals surface area contributed by atoms with Gasteiger partial charge < -0.3 is 16.0 Å². The maximum absolute atomic E-state index is 12.1. The molecule has 0 bridgehead atoms. The van der Waals surface area contributed by atoms with Crippen molar-refractivity contribution in [1.29, 1.82) is 0 Å². The molecule has 1 aromatic rings. The van der Waals surface area contributed by atoms with E-state index in [1.807, 2.05) is 11.8 Å². The number of hydrogen-bond donors (Lipinski definition) is 2. The summed E-state index contributed by atoms with van der Waals surface area (Å²) in [7, 11) is 0. The van der Waals surface area contributed by atoms with E-state index in [1.54, 1.807) is 31.5 Å². The van der Waals surface area contributed by atoms with Gasteiger partial charge in [0.1, 0.15) is 0 Å². The molecule has 2 atom stereocenters. The van der Waals surface area contributed by atoms with E-state index in [0.29, 0.717) is 24.6 Å². The summed E-state index contributed by atoms with van der Waals surface area (Å²) >= 11 is 0. The number of carbonyl (C=O) groups excluding carboxylic acids is 2. The third-order valence-corrected chi connectivity index (χ3v) is 4.23. The Balaban J connectivity index is 1.84. The maximum Gasteiger partial charge on any atom is 0.253 e. The van der Waals surface area contributed by atoms with Gasteiger partial charge in [0.25, 0.3) is 5.91 Å². The number of carbonyl (C=O) groups is 2. The van der Waals surface area contributed by atoms with Crippen molar-refractivity contribution in [3.8, 4) is 0 Å². The number of aromatic nitrogens is 1. The van der Waals surface area contributed by atoms with E-state index in [2.05, 4.69) is 10.3 Å². The van der Waals surface area contributed by atoms with Crippen molar-refractivity contribution >= 4 is 11.8 Å². The van der Waals surface area contributed by atoms with Gasteiger partial charge >= 0.3 is 0 Å². The van der Waals surface area contributed by atoms with Crippen LogP contribution in [0, 0.1) is 5.92 Å². The lowest BCUT2D eigenvalue weighted by Crippen LogP contribution is -2.49. The summed E-state index contributed by atoms with van der Waals surface area (Å²) in [5, 5.41) is 3.03. The van der Waals surface area contributed by atoms with Crippen molar-refractivity contribution in [3.05, 3.63) is 30.1 Å². The molecule has 2 heterocycles. The van der Waals surface area contributed by atoms with Gasteiger partial charge in [-0.2, -0.15) is 0 Å². The first-order valence-corrected chi connectivity index (χ1v) is 7.74. The minimum absolute atomic E-state index is 0.00509. The number of nitrogens with one attached hydrogen (secondary N) is 1. The summed E-state index contributed by atoms with van der Waals surface area (Å²) in [4.78, 5) is 29.8. The van der Waals surface area contributed by atoms with E-state index < -0.39 is 6.04 Å². The first-order chi connectivity index (χ1) is 10.5. The van der Waals surface area contributed by atoms with Gasteiger partial charge in [0.15, 0.2) is 0 Å². The van der Waals surface area contributed by atoms with E-state index in [1.165, 1.54) is 0 Å². The standard InChI is InChI=1S/C16H24N4O2/c1-11(17)16(22)20-8-5-13(6-9-20)12(2)19-15(21)14-4-3-7-18-10-14/h3-4,7,10-13H,5-6,8-9,17H2,1-2H3,(H,19,21). The number of nitrogens with two attached hydrogens (primary N) is 1. The molecule has 1 aliphatic rings. The Bertz CT molecular complexity index is 510. The van der Waals surface area contributed by atoms with Gasteiger partial charge in [-0.1, -0.05) is 0 Å². The van der Waals surface area contributed by atoms with Crippen LogP contribution in [0.4, 0.5) is 0 Å². The van der Waals surface area contributed by atoms with Crippen LogP contribution in [0.25, 0.3) is 0 Å². The molecule has 0 radical (unpaired) electrons. The van der Waals surface area contributed by atoms with Crippen LogP contribution in [0.15, 0.2) is 24.5 Å². The minimum atomic E-state index is -0.445. The number of amides is 2. The van der Waals surface area contributed by atoms with Gasteiger partial charge in [0.05, 0.1) is 11.6 Å². The second-order valence-electron chi connectivity index (χ2n) is 5.96. The molecule has 22 heavy (non-hydrogen) atoms. The lowest BCUT2D eigenvalue weighted by atomic mass is 9.90. The van der Waals surface area contributed by atoms with Crippen LogP contribution in [-0.4, -0.2) is 46.9 Å². The van der Waals surface area contributed by atoms with Gasteiger partial charge in [0, 0.05) is 31.5 Å². The zero-order valence-corrected chi connectivity index (χ0v) is 13.2. The van der Waals surface area contributed by atoms with Crippen molar-refractivity contribution in [2.24, 2.45) is 11.7 Å². The summed E-state index contributed by atoms with van der Waals surface area (Å²) in [5.41, 5.74) is 6.21. The number of hydrogen-bond acceptors (Lipinski definition) is 4. The lowest BCUT2D eigenvalue weighted by Gasteiger charge is -2.35. The number of likely N-dealkylation sites (tertiary alicyclic amines) is 1. The highest BCUT2D eigenvalue weighted by atomic mass is 16.2. The number of piperidine rings is 1. The van der Waals surface area contributed by atoms with E-state index in [9.17, 15) is 9.59 Å². The molecule has 120 valence electrons. The van der Waals surface area contributed by atoms with Crippen LogP contribution >= 0.6 is 0 Å². The molecule has 1 aromatic heterocycles. The molecule has 1 saturated heterocycles. The SMILES string of the molecule is CC(N)C(=O)N1CCC(C(C)NC(=O)c2cccnc2)CC1. The zero-order valence-electron chi connectivity index (χ0n) is 13.2. The normalized spacial score (nSPS) is 18.6. The molecule has 0 aromatic carbocycles. The van der Waals surface area contributed by atoms with Crippen molar-refractivity contribution in [1.82, 2.24) is 15.2 Å². The Hall–Kier alpha value is -1.95. The highest BCUT2D eigenvalue weighted by Crippen LogP contribution is 2.21. The Morgan fingerprint density at radius 3 is 2.59 bits per heavy atom. The van der Waals surface area contributed by atoms with Crippen LogP contribution in [0.3, 0.4) is 0 Å². The summed E-state index contributed by atoms with van der Waals surface area (Å²) < 4.78 is 0. The summed E-state index contributed by atoms with van der Waals surface area (Å²) in [6.07, 6.45) is 4.97. The molecule has 2 rings (SSSR count). The van der Waals surface area contributed by atoms with Crippen molar-refractivity contribution in [3.63, 3.8) is 0 Å². The van der Waals surface area contributed by atoms with Crippen molar-refractivity contribution in [2.45, 2.75) is 38.8 Å². The second-order valence-corrected chi connectivity index (χ2v) is 5.96. The van der Waals surface area contributed by atoms with Gasteiger partial charge in [0.2, 0.25) is 5.91 Å². The van der Waals surface area contributed by atoms with Crippen LogP contribution in [0.2, 0.25) is 0 Å². The average molecular weight is 304 g/mol. The number of rotatable bonds is 4. The fourth-order valence-corrected chi connectivity index (χ4v) is 2.81. The monoisotopic (exact) mass is 304 g/mol. The summed E-state index contributed by atoms with van der Waals surface area (Å²) in [5.74, 6) is 0.276. The lowest BCUT2D eigenvalue weighted by molar-refractivity contribution is -0.133. The highest BCUT2D eigenvalue weighted by molar-refractivity contribution is 5.94. The predicted octanol–water partition coefficient (Wildman–Crippen LogP) is 0.786. The van der Waals surface area contributed by atoms with Crippen molar-refractivity contribution < 1.29 is 9.59 Å². The molecule has 6 heteroatoms. The Morgan fingerprint density at radius 1 is 1.36 bits per heavy atom. The van der Waals surface area contributed by atoms with Gasteiger partial charge in [-0.15, -0.1) is 0 Å². The van der Waals surface area contributed by atoms with Gasteiger partial charge in [-0.05, 0) is 44.7 Å². The first kappa shape index (κ1) is 16.4. The Kier molecular flexibility index (Phi) is 5.49. The van der Waals surface area contributed by atoms with Crippen molar-refractivity contribution in [2.75, 3.05) is 13.1 Å². The third-order valence-electron chi connectivity index (χ3n) is 4.23. The molecule has 1 aliphatic heterocycles. The largest absolute Gasteiger partial charge is 0.349 e. The molecule has 1 fully saturated rings. The number of pyridine rings is 1. The molecule has 0 spiro atoms. The predicted molar refractivity (Wildman–Crippen MR) is 84.1 cm³/mol. The Morgan fingerprint density at radius 2 is 2.05 bits per heavy atom. The maximum atomic E-state index is 12.1. The molecule has 0 aliphatic carbocycles. The fourth-order valence-electron chi connectivity index (χ4n) is 2.81. The molecular formula is C16H24N4O2. The molecule has 3 N–H and O–H groups in total. The van der Waals surface area contributed by atoms with E-state index in [0.717, 1.165) is 12.8 Å². The molecule has 6 nitrogen and oxygen atoms in total.